The first-order valence-electron chi connectivity index (χ1n) is 5.03. The van der Waals surface area contributed by atoms with Crippen LogP contribution < -0.4 is 5.32 Å². The van der Waals surface area contributed by atoms with Gasteiger partial charge in [-0.3, -0.25) is 4.79 Å². The van der Waals surface area contributed by atoms with E-state index in [2.05, 4.69) is 26.2 Å². The van der Waals surface area contributed by atoms with Crippen molar-refractivity contribution >= 4 is 44.1 Å². The van der Waals surface area contributed by atoms with Crippen LogP contribution in [0.5, 0.6) is 0 Å². The number of carbonyl (C=O) groups is 1. The lowest BCUT2D eigenvalue weighted by Gasteiger charge is -2.06. The third-order valence-electron chi connectivity index (χ3n) is 2.12. The SMILES string of the molecule is O=C(O)Cc1csc(Nc2c(F)cc(F)cc2Br)n1. The summed E-state index contributed by atoms with van der Waals surface area (Å²) in [5, 5.41) is 13.2. The van der Waals surface area contributed by atoms with Crippen LogP contribution in [-0.2, 0) is 11.2 Å². The molecule has 1 aromatic carbocycles. The van der Waals surface area contributed by atoms with E-state index in [0.717, 1.165) is 23.5 Å². The maximum Gasteiger partial charge on any atom is 0.309 e. The van der Waals surface area contributed by atoms with Crippen LogP contribution in [0.1, 0.15) is 5.69 Å². The average molecular weight is 349 g/mol. The lowest BCUT2D eigenvalue weighted by atomic mass is 10.3. The third kappa shape index (κ3) is 3.48. The number of hydrogen-bond acceptors (Lipinski definition) is 4. The van der Waals surface area contributed by atoms with E-state index >= 15 is 0 Å². The molecule has 100 valence electrons. The number of nitrogens with one attached hydrogen (secondary N) is 1. The smallest absolute Gasteiger partial charge is 0.309 e. The van der Waals surface area contributed by atoms with E-state index in [1.54, 1.807) is 5.38 Å². The standard InChI is InChI=1S/C11H7BrF2N2O2S/c12-7-1-5(13)2-8(14)10(7)16-11-15-6(4-19-11)3-9(17)18/h1-2,4H,3H2,(H,15,16)(H,17,18). The predicted molar refractivity (Wildman–Crippen MR) is 70.8 cm³/mol. The molecule has 8 heteroatoms. The van der Waals surface area contributed by atoms with Crippen molar-refractivity contribution in [3.05, 3.63) is 39.3 Å². The van der Waals surface area contributed by atoms with Crippen LogP contribution in [0.15, 0.2) is 22.0 Å². The number of anilines is 2. The van der Waals surface area contributed by atoms with Crippen LogP contribution in [0.2, 0.25) is 0 Å². The third-order valence-corrected chi connectivity index (χ3v) is 3.55. The molecular formula is C11H7BrF2N2O2S. The summed E-state index contributed by atoms with van der Waals surface area (Å²) in [6.07, 6.45) is -0.203. The quantitative estimate of drug-likeness (QED) is 0.886. The second kappa shape index (κ2) is 5.62. The Bertz CT molecular complexity index is 610. The number of halogens is 3. The largest absolute Gasteiger partial charge is 0.481 e. The van der Waals surface area contributed by atoms with Gasteiger partial charge in [0.2, 0.25) is 0 Å². The van der Waals surface area contributed by atoms with Crippen LogP contribution in [0.4, 0.5) is 19.6 Å². The zero-order valence-electron chi connectivity index (χ0n) is 9.28. The van der Waals surface area contributed by atoms with E-state index in [1.807, 2.05) is 0 Å². The molecule has 4 nitrogen and oxygen atoms in total. The summed E-state index contributed by atoms with van der Waals surface area (Å²) >= 11 is 4.18. The molecule has 1 heterocycles. The fraction of sp³-hybridized carbons (Fsp3) is 0.0909. The Hall–Kier alpha value is -1.54. The van der Waals surface area contributed by atoms with Gasteiger partial charge in [0.05, 0.1) is 17.8 Å². The van der Waals surface area contributed by atoms with Crippen LogP contribution in [0, 0.1) is 11.6 Å². The van der Waals surface area contributed by atoms with Crippen molar-refractivity contribution in [2.45, 2.75) is 6.42 Å². The van der Waals surface area contributed by atoms with Gasteiger partial charge in [-0.05, 0) is 22.0 Å². The molecule has 0 atom stereocenters. The summed E-state index contributed by atoms with van der Waals surface area (Å²) in [6, 6.07) is 1.87. The molecule has 2 N–H and O–H groups in total. The van der Waals surface area contributed by atoms with Gasteiger partial charge in [0, 0.05) is 15.9 Å². The van der Waals surface area contributed by atoms with Gasteiger partial charge in [0.25, 0.3) is 0 Å². The van der Waals surface area contributed by atoms with Gasteiger partial charge >= 0.3 is 5.97 Å². The van der Waals surface area contributed by atoms with E-state index in [0.29, 0.717) is 10.8 Å². The van der Waals surface area contributed by atoms with Crippen molar-refractivity contribution in [3.8, 4) is 0 Å². The molecular weight excluding hydrogens is 342 g/mol. The lowest BCUT2D eigenvalue weighted by molar-refractivity contribution is -0.136. The number of benzene rings is 1. The maximum absolute atomic E-state index is 13.6. The van der Waals surface area contributed by atoms with Crippen LogP contribution in [-0.4, -0.2) is 16.1 Å². The van der Waals surface area contributed by atoms with Gasteiger partial charge in [-0.25, -0.2) is 13.8 Å². The monoisotopic (exact) mass is 348 g/mol. The minimum atomic E-state index is -0.994. The Morgan fingerprint density at radius 2 is 2.21 bits per heavy atom. The minimum absolute atomic E-state index is 0.0534. The average Bonchev–Trinajstić information content (AvgIpc) is 2.70. The molecule has 2 rings (SSSR count). The maximum atomic E-state index is 13.6. The van der Waals surface area contributed by atoms with Crippen molar-refractivity contribution in [1.29, 1.82) is 0 Å². The molecule has 0 unspecified atom stereocenters. The van der Waals surface area contributed by atoms with Crippen LogP contribution >= 0.6 is 27.3 Å². The topological polar surface area (TPSA) is 62.2 Å². The van der Waals surface area contributed by atoms with Crippen molar-refractivity contribution in [1.82, 2.24) is 4.98 Å². The highest BCUT2D eigenvalue weighted by atomic mass is 79.9. The molecule has 0 aliphatic rings. The summed E-state index contributed by atoms with van der Waals surface area (Å²) in [5.41, 5.74) is 0.427. The Labute approximate surface area is 119 Å². The van der Waals surface area contributed by atoms with Gasteiger partial charge in [0.15, 0.2) is 10.9 Å². The molecule has 0 saturated carbocycles. The van der Waals surface area contributed by atoms with Crippen molar-refractivity contribution < 1.29 is 18.7 Å². The van der Waals surface area contributed by atoms with Gasteiger partial charge in [-0.2, -0.15) is 0 Å². The Kier molecular flexibility index (Phi) is 4.11. The Morgan fingerprint density at radius 1 is 1.47 bits per heavy atom. The molecule has 2 aromatic rings. The summed E-state index contributed by atoms with van der Waals surface area (Å²) in [7, 11) is 0. The molecule has 0 amide bonds. The number of hydrogen-bond donors (Lipinski definition) is 2. The second-order valence-electron chi connectivity index (χ2n) is 3.58. The Balaban J connectivity index is 2.22. The molecule has 0 bridgehead atoms. The number of carboxylic acids is 1. The van der Waals surface area contributed by atoms with Crippen LogP contribution in [0.3, 0.4) is 0 Å². The highest BCUT2D eigenvalue weighted by Gasteiger charge is 2.12. The van der Waals surface area contributed by atoms with Crippen LogP contribution in [0.25, 0.3) is 0 Å². The second-order valence-corrected chi connectivity index (χ2v) is 5.30. The zero-order chi connectivity index (χ0) is 14.0. The van der Waals surface area contributed by atoms with Gasteiger partial charge < -0.3 is 10.4 Å². The lowest BCUT2D eigenvalue weighted by Crippen LogP contribution is -2.01. The van der Waals surface area contributed by atoms with E-state index < -0.39 is 17.6 Å². The summed E-state index contributed by atoms with van der Waals surface area (Å²) in [4.78, 5) is 14.5. The molecule has 19 heavy (non-hydrogen) atoms. The number of aromatic nitrogens is 1. The fourth-order valence-corrected chi connectivity index (χ4v) is 2.59. The summed E-state index contributed by atoms with van der Waals surface area (Å²) < 4.78 is 26.7. The highest BCUT2D eigenvalue weighted by molar-refractivity contribution is 9.10. The number of carboxylic acid groups (broad SMARTS) is 1. The number of aliphatic carboxylic acids is 1. The van der Waals surface area contributed by atoms with E-state index in [1.165, 1.54) is 0 Å². The van der Waals surface area contributed by atoms with Crippen molar-refractivity contribution in [2.75, 3.05) is 5.32 Å². The van der Waals surface area contributed by atoms with Gasteiger partial charge in [0.1, 0.15) is 5.82 Å². The van der Waals surface area contributed by atoms with E-state index in [4.69, 9.17) is 5.11 Å². The molecule has 0 aliphatic heterocycles. The number of rotatable bonds is 4. The number of nitrogens with zero attached hydrogens (tertiary/aromatic N) is 1. The first-order valence-corrected chi connectivity index (χ1v) is 6.70. The first-order chi connectivity index (χ1) is 8.95. The molecule has 0 saturated heterocycles. The van der Waals surface area contributed by atoms with Gasteiger partial charge in [-0.15, -0.1) is 11.3 Å². The molecule has 0 fully saturated rings. The summed E-state index contributed by atoms with van der Waals surface area (Å²) in [5.74, 6) is -2.45. The van der Waals surface area contributed by atoms with E-state index in [-0.39, 0.29) is 16.6 Å². The predicted octanol–water partition coefficient (Wildman–Crippen LogP) is 3.55. The first kappa shape index (κ1) is 13.9. The molecule has 1 aromatic heterocycles. The molecule has 0 spiro atoms. The fourth-order valence-electron chi connectivity index (χ4n) is 1.37. The number of thiazole rings is 1. The van der Waals surface area contributed by atoms with Crippen molar-refractivity contribution in [2.24, 2.45) is 0 Å². The minimum Gasteiger partial charge on any atom is -0.481 e. The molecule has 0 aliphatic carbocycles. The van der Waals surface area contributed by atoms with Gasteiger partial charge in [-0.1, -0.05) is 0 Å². The summed E-state index contributed by atoms with van der Waals surface area (Å²) in [6.45, 7) is 0. The Morgan fingerprint density at radius 3 is 2.84 bits per heavy atom. The normalized spacial score (nSPS) is 10.5. The molecule has 0 radical (unpaired) electrons. The van der Waals surface area contributed by atoms with E-state index in [9.17, 15) is 13.6 Å². The zero-order valence-corrected chi connectivity index (χ0v) is 11.7. The highest BCUT2D eigenvalue weighted by Crippen LogP contribution is 2.31. The van der Waals surface area contributed by atoms with Crippen molar-refractivity contribution in [3.63, 3.8) is 0 Å².